The normalized spacial score (nSPS) is 11.9. The number of benzene rings is 2. The molecule has 7 nitrogen and oxygen atoms in total. The molecule has 0 fully saturated rings. The average Bonchev–Trinajstić information content (AvgIpc) is 3.54. The molecule has 3 aromatic heterocycles. The summed E-state index contributed by atoms with van der Waals surface area (Å²) >= 11 is 6.76. The maximum atomic E-state index is 14.9. The van der Waals surface area contributed by atoms with Gasteiger partial charge in [0, 0.05) is 43.2 Å². The Balaban J connectivity index is 1.26. The summed E-state index contributed by atoms with van der Waals surface area (Å²) in [7, 11) is 0. The van der Waals surface area contributed by atoms with Crippen molar-refractivity contribution in [1.29, 1.82) is 0 Å². The Morgan fingerprint density at radius 1 is 1.14 bits per heavy atom. The second kappa shape index (κ2) is 11.0. The molecule has 0 amide bonds. The van der Waals surface area contributed by atoms with Crippen LogP contribution in [-0.4, -0.2) is 31.0 Å². The number of hydrogen-bond acceptors (Lipinski definition) is 6. The highest BCUT2D eigenvalue weighted by molar-refractivity contribution is 7.80. The van der Waals surface area contributed by atoms with Crippen LogP contribution in [0, 0.1) is 5.82 Å². The number of aromatic nitrogens is 3. The van der Waals surface area contributed by atoms with Crippen LogP contribution in [0.2, 0.25) is 0 Å². The van der Waals surface area contributed by atoms with Crippen molar-refractivity contribution < 1.29 is 14.2 Å². The van der Waals surface area contributed by atoms with Gasteiger partial charge in [-0.15, -0.1) is 11.3 Å². The average molecular weight is 534 g/mol. The van der Waals surface area contributed by atoms with E-state index < -0.39 is 12.0 Å². The quantitative estimate of drug-likeness (QED) is 0.168. The fourth-order valence-corrected chi connectivity index (χ4v) is 5.05. The molecule has 5 rings (SSSR count). The van der Waals surface area contributed by atoms with Crippen molar-refractivity contribution in [2.45, 2.75) is 26.1 Å². The molecule has 37 heavy (non-hydrogen) atoms. The number of hydrogen-bond donors (Lipinski definition) is 3. The van der Waals surface area contributed by atoms with E-state index in [1.807, 2.05) is 47.2 Å². The lowest BCUT2D eigenvalue weighted by atomic mass is 10.1. The van der Waals surface area contributed by atoms with Crippen LogP contribution in [-0.2, 0) is 13.0 Å². The molecule has 0 spiro atoms. The van der Waals surface area contributed by atoms with Gasteiger partial charge in [0.05, 0.1) is 27.1 Å². The van der Waals surface area contributed by atoms with E-state index in [4.69, 9.17) is 17.0 Å². The zero-order valence-electron chi connectivity index (χ0n) is 19.9. The first-order chi connectivity index (χ1) is 18.0. The van der Waals surface area contributed by atoms with E-state index in [1.165, 1.54) is 23.5 Å². The molecular formula is C27H24FN5O2S2. The lowest BCUT2D eigenvalue weighted by Gasteiger charge is -2.16. The molecule has 0 aliphatic carbocycles. The van der Waals surface area contributed by atoms with Gasteiger partial charge in [0.2, 0.25) is 0 Å². The number of nitrogens with zero attached hydrogens (tertiary/aromatic N) is 3. The number of thiophene rings is 1. The fraction of sp³-hybridized carbons (Fsp3) is 0.148. The lowest BCUT2D eigenvalue weighted by Crippen LogP contribution is -2.38. The Bertz CT molecular complexity index is 1540. The lowest BCUT2D eigenvalue weighted by molar-refractivity contribution is 0.161. The highest BCUT2D eigenvalue weighted by atomic mass is 32.1. The number of anilines is 1. The summed E-state index contributed by atoms with van der Waals surface area (Å²) in [5.41, 5.74) is 3.01. The Labute approximate surface area is 222 Å². The zero-order chi connectivity index (χ0) is 25.8. The first-order valence-corrected chi connectivity index (χ1v) is 12.9. The van der Waals surface area contributed by atoms with Crippen molar-refractivity contribution in [2.24, 2.45) is 0 Å². The minimum absolute atomic E-state index is 0.0752. The van der Waals surface area contributed by atoms with Gasteiger partial charge in [-0.1, -0.05) is 30.3 Å². The number of aliphatic hydroxyl groups is 1. The minimum Gasteiger partial charge on any atom is -0.453 e. The summed E-state index contributed by atoms with van der Waals surface area (Å²) in [6, 6.07) is 17.7. The molecule has 1 unspecified atom stereocenters. The van der Waals surface area contributed by atoms with E-state index in [-0.39, 0.29) is 10.9 Å². The van der Waals surface area contributed by atoms with Gasteiger partial charge in [0.15, 0.2) is 16.7 Å². The number of halogens is 1. The maximum absolute atomic E-state index is 14.9. The van der Waals surface area contributed by atoms with E-state index in [0.717, 1.165) is 32.9 Å². The third kappa shape index (κ3) is 5.93. The van der Waals surface area contributed by atoms with Gasteiger partial charge in [-0.25, -0.2) is 9.37 Å². The smallest absolute Gasteiger partial charge is 0.172 e. The largest absolute Gasteiger partial charge is 0.453 e. The first-order valence-electron chi connectivity index (χ1n) is 11.7. The number of fused-ring (bicyclic) bond motifs is 1. The van der Waals surface area contributed by atoms with Crippen LogP contribution in [0.15, 0.2) is 79.4 Å². The first kappa shape index (κ1) is 24.8. The summed E-state index contributed by atoms with van der Waals surface area (Å²) in [5.74, 6) is 0.0318. The van der Waals surface area contributed by atoms with Crippen LogP contribution in [0.3, 0.4) is 0 Å². The molecule has 0 bridgehead atoms. The van der Waals surface area contributed by atoms with Gasteiger partial charge in [0.25, 0.3) is 0 Å². The van der Waals surface area contributed by atoms with Crippen LogP contribution in [0.4, 0.5) is 10.1 Å². The third-order valence-electron chi connectivity index (χ3n) is 5.61. The van der Waals surface area contributed by atoms with Crippen LogP contribution < -0.4 is 15.4 Å². The maximum Gasteiger partial charge on any atom is 0.172 e. The fourth-order valence-electron chi connectivity index (χ4n) is 3.77. The van der Waals surface area contributed by atoms with Crippen LogP contribution >= 0.6 is 23.6 Å². The van der Waals surface area contributed by atoms with Gasteiger partial charge in [-0.3, -0.25) is 4.98 Å². The van der Waals surface area contributed by atoms with Crippen molar-refractivity contribution in [3.05, 3.63) is 90.8 Å². The Morgan fingerprint density at radius 2 is 1.97 bits per heavy atom. The molecule has 3 heterocycles. The zero-order valence-corrected chi connectivity index (χ0v) is 21.5. The number of ether oxygens (including phenoxy) is 1. The third-order valence-corrected chi connectivity index (χ3v) is 6.99. The topological polar surface area (TPSA) is 84.2 Å². The Morgan fingerprint density at radius 3 is 2.73 bits per heavy atom. The van der Waals surface area contributed by atoms with Gasteiger partial charge in [-0.2, -0.15) is 0 Å². The second-order valence-corrected chi connectivity index (χ2v) is 9.74. The van der Waals surface area contributed by atoms with Gasteiger partial charge in [0.1, 0.15) is 12.0 Å². The standard InChI is InChI=1S/C27H24FN5O2S2/c1-2-33-15-21(30-16-33)24-14-20-26(37-24)23(10-11-29-20)35-22-9-8-18(13-19(22)28)31-27(36)32-25(34)12-17-6-4-3-5-7-17/h3-11,13-16,25,34H,2,12H2,1H3,(H2,31,32,36). The molecule has 3 N–H and O–H groups in total. The predicted molar refractivity (Wildman–Crippen MR) is 148 cm³/mol. The van der Waals surface area contributed by atoms with E-state index in [2.05, 4.69) is 27.5 Å². The minimum atomic E-state index is -0.879. The molecule has 0 aliphatic rings. The van der Waals surface area contributed by atoms with E-state index >= 15 is 0 Å². The van der Waals surface area contributed by atoms with Crippen molar-refractivity contribution in [3.8, 4) is 22.1 Å². The molecule has 5 aromatic rings. The number of pyridine rings is 1. The highest BCUT2D eigenvalue weighted by Crippen LogP contribution is 2.39. The van der Waals surface area contributed by atoms with Crippen molar-refractivity contribution in [1.82, 2.24) is 19.9 Å². The summed E-state index contributed by atoms with van der Waals surface area (Å²) in [6.07, 6.45) is 4.92. The number of aryl methyl sites for hydroxylation is 1. The van der Waals surface area contributed by atoms with E-state index in [1.54, 1.807) is 24.7 Å². The summed E-state index contributed by atoms with van der Waals surface area (Å²) in [5, 5.41) is 16.1. The highest BCUT2D eigenvalue weighted by Gasteiger charge is 2.15. The molecule has 10 heteroatoms. The molecule has 1 atom stereocenters. The van der Waals surface area contributed by atoms with Crippen LogP contribution in [0.5, 0.6) is 11.5 Å². The summed E-state index contributed by atoms with van der Waals surface area (Å²) < 4.78 is 23.7. The molecule has 2 aromatic carbocycles. The van der Waals surface area contributed by atoms with Crippen LogP contribution in [0.1, 0.15) is 12.5 Å². The molecule has 0 saturated carbocycles. The van der Waals surface area contributed by atoms with Crippen molar-refractivity contribution in [3.63, 3.8) is 0 Å². The Kier molecular flexibility index (Phi) is 7.40. The Hall–Kier alpha value is -3.86. The van der Waals surface area contributed by atoms with E-state index in [0.29, 0.717) is 17.9 Å². The molecule has 0 radical (unpaired) electrons. The number of nitrogens with one attached hydrogen (secondary N) is 2. The molecule has 188 valence electrons. The van der Waals surface area contributed by atoms with Gasteiger partial charge >= 0.3 is 0 Å². The molecular weight excluding hydrogens is 509 g/mol. The number of aliphatic hydroxyl groups excluding tert-OH is 1. The second-order valence-electron chi connectivity index (χ2n) is 8.27. The van der Waals surface area contributed by atoms with Crippen LogP contribution in [0.25, 0.3) is 20.8 Å². The molecule has 0 aliphatic heterocycles. The number of rotatable bonds is 8. The predicted octanol–water partition coefficient (Wildman–Crippen LogP) is 5.96. The molecule has 0 saturated heterocycles. The SMILES string of the molecule is CCn1cnc(-c2cc3nccc(Oc4ccc(NC(=S)NC(O)Cc5ccccc5)cc4F)c3s2)c1. The van der Waals surface area contributed by atoms with Crippen molar-refractivity contribution in [2.75, 3.05) is 5.32 Å². The summed E-state index contributed by atoms with van der Waals surface area (Å²) in [4.78, 5) is 9.84. The van der Waals surface area contributed by atoms with Gasteiger partial charge < -0.3 is 25.0 Å². The number of thiocarbonyl (C=S) groups is 1. The van der Waals surface area contributed by atoms with Gasteiger partial charge in [-0.05, 0) is 42.9 Å². The van der Waals surface area contributed by atoms with Crippen molar-refractivity contribution >= 4 is 44.6 Å². The summed E-state index contributed by atoms with van der Waals surface area (Å²) in [6.45, 7) is 2.89. The monoisotopic (exact) mass is 533 g/mol. The number of imidazole rings is 1. The van der Waals surface area contributed by atoms with E-state index in [9.17, 15) is 9.50 Å².